The first kappa shape index (κ1) is 11.9. The highest BCUT2D eigenvalue weighted by molar-refractivity contribution is 6.63. The Morgan fingerprint density at radius 3 is 1.73 bits per heavy atom. The average Bonchev–Trinajstić information content (AvgIpc) is 1.85. The summed E-state index contributed by atoms with van der Waals surface area (Å²) in [6, 6.07) is 0. The first-order valence-corrected chi connectivity index (χ1v) is 4.39. The summed E-state index contributed by atoms with van der Waals surface area (Å²) < 4.78 is -1.88. The second kappa shape index (κ2) is 4.24. The predicted octanol–water partition coefficient (Wildman–Crippen LogP) is 2.66. The minimum absolute atomic E-state index is 1.26. The Hall–Kier alpha value is 0.920. The van der Waals surface area contributed by atoms with Gasteiger partial charge in [0, 0.05) is 0 Å². The van der Waals surface area contributed by atoms with Crippen LogP contribution in [0.4, 0.5) is 0 Å². The largest absolute Gasteiger partial charge is 0.480 e. The van der Waals surface area contributed by atoms with E-state index in [1.54, 1.807) is 0 Å². The average molecular weight is 260 g/mol. The molecule has 0 heterocycles. The quantitative estimate of drug-likeness (QED) is 0.792. The van der Waals surface area contributed by atoms with Crippen molar-refractivity contribution >= 4 is 64.0 Å². The van der Waals surface area contributed by atoms with Crippen molar-refractivity contribution in [2.45, 2.75) is 14.5 Å². The zero-order valence-corrected chi connectivity index (χ0v) is 8.68. The first-order chi connectivity index (χ1) is 4.80. The van der Waals surface area contributed by atoms with Crippen LogP contribution < -0.4 is 0 Å². The van der Waals surface area contributed by atoms with Crippen molar-refractivity contribution in [3.8, 4) is 0 Å². The van der Waals surface area contributed by atoms with Crippen molar-refractivity contribution in [3.05, 3.63) is 0 Å². The van der Waals surface area contributed by atoms with Gasteiger partial charge in [0.15, 0.2) is 9.71 Å². The van der Waals surface area contributed by atoms with E-state index in [1.807, 2.05) is 0 Å². The van der Waals surface area contributed by atoms with Crippen molar-refractivity contribution in [2.75, 3.05) is 0 Å². The van der Waals surface area contributed by atoms with Crippen LogP contribution in [-0.4, -0.2) is 25.6 Å². The van der Waals surface area contributed by atoms with Gasteiger partial charge in [0.25, 0.3) is 0 Å². The van der Waals surface area contributed by atoms with E-state index in [0.717, 1.165) is 0 Å². The van der Waals surface area contributed by atoms with Crippen LogP contribution in [0.25, 0.3) is 0 Å². The molecule has 0 amide bonds. The summed E-state index contributed by atoms with van der Waals surface area (Å²) in [6.07, 6.45) is 0. The number of aliphatic carboxylic acids is 1. The van der Waals surface area contributed by atoms with Crippen LogP contribution in [-0.2, 0) is 4.79 Å². The summed E-state index contributed by atoms with van der Waals surface area (Å²) >= 11 is 26.6. The predicted molar refractivity (Wildman–Crippen MR) is 47.2 cm³/mol. The van der Waals surface area contributed by atoms with Gasteiger partial charge in [0.05, 0.1) is 0 Å². The van der Waals surface area contributed by atoms with E-state index in [2.05, 4.69) is 0 Å². The van der Waals surface area contributed by atoms with Crippen molar-refractivity contribution in [1.29, 1.82) is 0 Å². The third-order valence-corrected chi connectivity index (χ3v) is 3.61. The lowest BCUT2D eigenvalue weighted by Gasteiger charge is -2.22. The standard InChI is InChI=1S/C4H3Cl5O2/c5-1(2(10)11)4(8,9)3(6)7/h1,3H,(H,10,11). The summed E-state index contributed by atoms with van der Waals surface area (Å²) in [5.74, 6) is -1.37. The third-order valence-electron chi connectivity index (χ3n) is 0.846. The third kappa shape index (κ3) is 3.03. The Labute approximate surface area is 88.3 Å². The van der Waals surface area contributed by atoms with Gasteiger partial charge in [-0.3, -0.25) is 4.79 Å². The van der Waals surface area contributed by atoms with Crippen molar-refractivity contribution in [2.24, 2.45) is 0 Å². The lowest BCUT2D eigenvalue weighted by molar-refractivity contribution is -0.136. The van der Waals surface area contributed by atoms with Crippen molar-refractivity contribution in [1.82, 2.24) is 0 Å². The van der Waals surface area contributed by atoms with Gasteiger partial charge in [-0.15, -0.1) is 34.8 Å². The highest BCUT2D eigenvalue weighted by atomic mass is 35.5. The van der Waals surface area contributed by atoms with Gasteiger partial charge in [-0.1, -0.05) is 23.2 Å². The van der Waals surface area contributed by atoms with Gasteiger partial charge >= 0.3 is 5.97 Å². The van der Waals surface area contributed by atoms with E-state index in [0.29, 0.717) is 0 Å². The van der Waals surface area contributed by atoms with Crippen LogP contribution in [0.2, 0.25) is 0 Å². The number of carbonyl (C=O) groups is 1. The number of rotatable bonds is 3. The molecule has 0 fully saturated rings. The smallest absolute Gasteiger partial charge is 0.324 e. The molecule has 0 spiro atoms. The monoisotopic (exact) mass is 258 g/mol. The van der Waals surface area contributed by atoms with Crippen LogP contribution >= 0.6 is 58.0 Å². The second-order valence-electron chi connectivity index (χ2n) is 1.68. The number of hydrogen-bond acceptors (Lipinski definition) is 1. The molecule has 1 unspecified atom stereocenters. The van der Waals surface area contributed by atoms with Crippen LogP contribution in [0.5, 0.6) is 0 Å². The fraction of sp³-hybridized carbons (Fsp3) is 0.750. The number of halogens is 5. The molecule has 0 bridgehead atoms. The molecule has 0 aliphatic rings. The highest BCUT2D eigenvalue weighted by Crippen LogP contribution is 2.38. The summed E-state index contributed by atoms with van der Waals surface area (Å²) in [7, 11) is 0. The minimum Gasteiger partial charge on any atom is -0.480 e. The summed E-state index contributed by atoms with van der Waals surface area (Å²) in [4.78, 5) is 8.97. The molecule has 7 heteroatoms. The molecule has 0 aliphatic carbocycles. The minimum atomic E-state index is -1.88. The van der Waals surface area contributed by atoms with Crippen LogP contribution in [0, 0.1) is 0 Å². The lowest BCUT2D eigenvalue weighted by atomic mass is 10.3. The number of carboxylic acids is 1. The maximum absolute atomic E-state index is 10.2. The zero-order chi connectivity index (χ0) is 9.23. The van der Waals surface area contributed by atoms with E-state index in [9.17, 15) is 4.79 Å². The Balaban J connectivity index is 4.41. The number of alkyl halides is 5. The van der Waals surface area contributed by atoms with Gasteiger partial charge in [-0.2, -0.15) is 0 Å². The lowest BCUT2D eigenvalue weighted by Crippen LogP contribution is -2.38. The van der Waals surface area contributed by atoms with Crippen LogP contribution in [0.3, 0.4) is 0 Å². The van der Waals surface area contributed by atoms with E-state index in [1.165, 1.54) is 0 Å². The molecule has 0 aromatic rings. The van der Waals surface area contributed by atoms with Crippen molar-refractivity contribution in [3.63, 3.8) is 0 Å². The van der Waals surface area contributed by atoms with Gasteiger partial charge < -0.3 is 5.11 Å². The molecule has 11 heavy (non-hydrogen) atoms. The summed E-state index contributed by atoms with van der Waals surface area (Å²) in [6.45, 7) is 0. The van der Waals surface area contributed by atoms with E-state index >= 15 is 0 Å². The SMILES string of the molecule is O=C(O)C(Cl)C(Cl)(Cl)C(Cl)Cl. The highest BCUT2D eigenvalue weighted by Gasteiger charge is 2.44. The molecule has 0 saturated carbocycles. The maximum atomic E-state index is 10.2. The van der Waals surface area contributed by atoms with Crippen molar-refractivity contribution < 1.29 is 9.90 Å². The summed E-state index contributed by atoms with van der Waals surface area (Å²) in [5.41, 5.74) is 0. The van der Waals surface area contributed by atoms with Crippen LogP contribution in [0.1, 0.15) is 0 Å². The van der Waals surface area contributed by atoms with Gasteiger partial charge in [-0.25, -0.2) is 0 Å². The molecule has 2 nitrogen and oxygen atoms in total. The molecule has 0 aromatic carbocycles. The number of carboxylic acid groups (broad SMARTS) is 1. The van der Waals surface area contributed by atoms with Gasteiger partial charge in [0.2, 0.25) is 0 Å². The Bertz CT molecular complexity index is 157. The molecular weight excluding hydrogens is 257 g/mol. The Morgan fingerprint density at radius 2 is 1.64 bits per heavy atom. The molecular formula is C4H3Cl5O2. The molecule has 0 aliphatic heterocycles. The van der Waals surface area contributed by atoms with E-state index < -0.39 is 20.5 Å². The fourth-order valence-electron chi connectivity index (χ4n) is 0.275. The second-order valence-corrected chi connectivity index (χ2v) is 4.65. The molecule has 0 rings (SSSR count). The Kier molecular flexibility index (Phi) is 4.59. The zero-order valence-electron chi connectivity index (χ0n) is 4.90. The molecule has 0 saturated heterocycles. The molecule has 66 valence electrons. The normalized spacial score (nSPS) is 15.1. The molecule has 1 atom stereocenters. The van der Waals surface area contributed by atoms with Gasteiger partial charge in [0.1, 0.15) is 4.84 Å². The first-order valence-electron chi connectivity index (χ1n) is 2.33. The van der Waals surface area contributed by atoms with E-state index in [4.69, 9.17) is 63.1 Å². The summed E-state index contributed by atoms with van der Waals surface area (Å²) in [5, 5.41) is 6.81. The Morgan fingerprint density at radius 1 is 1.27 bits per heavy atom. The molecule has 1 N–H and O–H groups in total. The number of hydrogen-bond donors (Lipinski definition) is 1. The molecule has 0 aromatic heterocycles. The van der Waals surface area contributed by atoms with E-state index in [-0.39, 0.29) is 0 Å². The maximum Gasteiger partial charge on any atom is 0.324 e. The fourth-order valence-corrected chi connectivity index (χ4v) is 0.969. The topological polar surface area (TPSA) is 37.3 Å². The van der Waals surface area contributed by atoms with Crippen LogP contribution in [0.15, 0.2) is 0 Å². The van der Waals surface area contributed by atoms with Gasteiger partial charge in [-0.05, 0) is 0 Å². The molecule has 0 radical (unpaired) electrons.